The van der Waals surface area contributed by atoms with Gasteiger partial charge >= 0.3 is 0 Å². The van der Waals surface area contributed by atoms with Crippen LogP contribution in [0.5, 0.6) is 0 Å². The second-order valence-corrected chi connectivity index (χ2v) is 6.39. The predicted molar refractivity (Wildman–Crippen MR) is 95.6 cm³/mol. The van der Waals surface area contributed by atoms with Crippen molar-refractivity contribution in [1.29, 1.82) is 0 Å². The lowest BCUT2D eigenvalue weighted by Gasteiger charge is -2.32. The average molecular weight is 343 g/mol. The van der Waals surface area contributed by atoms with E-state index in [2.05, 4.69) is 10.2 Å². The molecule has 25 heavy (non-hydrogen) atoms. The summed E-state index contributed by atoms with van der Waals surface area (Å²) in [5.41, 5.74) is 2.08. The van der Waals surface area contributed by atoms with Gasteiger partial charge in [-0.2, -0.15) is 0 Å². The molecule has 1 N–H and O–H groups in total. The number of hydrogen-bond donors (Lipinski definition) is 1. The molecule has 2 aliphatic heterocycles. The van der Waals surface area contributed by atoms with Gasteiger partial charge < -0.3 is 15.0 Å². The maximum Gasteiger partial charge on any atom is 0.223 e. The molecule has 0 unspecified atom stereocenters. The van der Waals surface area contributed by atoms with E-state index in [1.54, 1.807) is 11.1 Å². The van der Waals surface area contributed by atoms with Crippen molar-refractivity contribution in [3.63, 3.8) is 0 Å². The zero-order chi connectivity index (χ0) is 17.6. The van der Waals surface area contributed by atoms with Crippen LogP contribution in [0, 0.1) is 0 Å². The molecule has 6 heteroatoms. The van der Waals surface area contributed by atoms with Crippen molar-refractivity contribution in [3.05, 3.63) is 41.6 Å². The standard InChI is InChI=1S/C19H25N3O3/c1-15(23)22-8-6-16-4-2-3-5-17(16)18(22)14-19(24)20-7-9-21-10-12-25-13-11-21/h2-6,8,18H,7,9-14H2,1H3,(H,20,24)/t18-/m0/s1. The topological polar surface area (TPSA) is 61.9 Å². The Labute approximate surface area is 148 Å². The molecule has 6 nitrogen and oxygen atoms in total. The van der Waals surface area contributed by atoms with Crippen LogP contribution in [0.15, 0.2) is 30.5 Å². The molecule has 2 heterocycles. The summed E-state index contributed by atoms with van der Waals surface area (Å²) in [6, 6.07) is 7.65. The van der Waals surface area contributed by atoms with Gasteiger partial charge in [-0.25, -0.2) is 0 Å². The minimum Gasteiger partial charge on any atom is -0.379 e. The molecule has 1 aromatic rings. The van der Waals surface area contributed by atoms with E-state index in [1.165, 1.54) is 6.92 Å². The normalized spacial score (nSPS) is 20.2. The van der Waals surface area contributed by atoms with E-state index in [-0.39, 0.29) is 24.3 Å². The molecule has 0 aromatic heterocycles. The van der Waals surface area contributed by atoms with Gasteiger partial charge in [0.25, 0.3) is 0 Å². The van der Waals surface area contributed by atoms with Crippen molar-refractivity contribution in [2.75, 3.05) is 39.4 Å². The SMILES string of the molecule is CC(=O)N1C=Cc2ccccc2[C@@H]1CC(=O)NCCN1CCOCC1. The van der Waals surface area contributed by atoms with Crippen LogP contribution in [0.25, 0.3) is 6.08 Å². The Morgan fingerprint density at radius 2 is 2.00 bits per heavy atom. The molecule has 2 amide bonds. The van der Waals surface area contributed by atoms with E-state index in [0.717, 1.165) is 44.0 Å². The third-order valence-corrected chi connectivity index (χ3v) is 4.70. The van der Waals surface area contributed by atoms with Crippen molar-refractivity contribution in [2.45, 2.75) is 19.4 Å². The second kappa shape index (κ2) is 8.27. The molecule has 1 saturated heterocycles. The molecule has 1 atom stereocenters. The third-order valence-electron chi connectivity index (χ3n) is 4.70. The monoisotopic (exact) mass is 343 g/mol. The highest BCUT2D eigenvalue weighted by molar-refractivity contribution is 5.81. The zero-order valence-electron chi connectivity index (χ0n) is 14.6. The maximum absolute atomic E-state index is 12.4. The summed E-state index contributed by atoms with van der Waals surface area (Å²) < 4.78 is 5.32. The number of carbonyl (C=O) groups is 2. The summed E-state index contributed by atoms with van der Waals surface area (Å²) >= 11 is 0. The van der Waals surface area contributed by atoms with Crippen molar-refractivity contribution >= 4 is 17.9 Å². The van der Waals surface area contributed by atoms with Crippen LogP contribution in [-0.2, 0) is 14.3 Å². The fourth-order valence-corrected chi connectivity index (χ4v) is 3.34. The first-order valence-electron chi connectivity index (χ1n) is 8.78. The van der Waals surface area contributed by atoms with Crippen molar-refractivity contribution in [3.8, 4) is 0 Å². The van der Waals surface area contributed by atoms with Crippen molar-refractivity contribution in [1.82, 2.24) is 15.1 Å². The van der Waals surface area contributed by atoms with Gasteiger partial charge in [0.05, 0.1) is 25.7 Å². The molecular weight excluding hydrogens is 318 g/mol. The van der Waals surface area contributed by atoms with Crippen molar-refractivity contribution < 1.29 is 14.3 Å². The molecular formula is C19H25N3O3. The van der Waals surface area contributed by atoms with E-state index < -0.39 is 0 Å². The molecule has 134 valence electrons. The molecule has 0 radical (unpaired) electrons. The number of nitrogens with one attached hydrogen (secondary N) is 1. The third kappa shape index (κ3) is 4.46. The van der Waals surface area contributed by atoms with Crippen LogP contribution < -0.4 is 5.32 Å². The van der Waals surface area contributed by atoms with Gasteiger partial charge in [0, 0.05) is 39.3 Å². The highest BCUT2D eigenvalue weighted by Gasteiger charge is 2.28. The molecule has 2 aliphatic rings. The molecule has 0 aliphatic carbocycles. The van der Waals surface area contributed by atoms with Gasteiger partial charge in [0.1, 0.15) is 0 Å². The van der Waals surface area contributed by atoms with Gasteiger partial charge in [-0.05, 0) is 17.2 Å². The fraction of sp³-hybridized carbons (Fsp3) is 0.474. The number of morpholine rings is 1. The molecule has 1 fully saturated rings. The highest BCUT2D eigenvalue weighted by Crippen LogP contribution is 2.32. The lowest BCUT2D eigenvalue weighted by Crippen LogP contribution is -2.42. The number of fused-ring (bicyclic) bond motifs is 1. The van der Waals surface area contributed by atoms with Crippen LogP contribution in [0.1, 0.15) is 30.5 Å². The summed E-state index contributed by atoms with van der Waals surface area (Å²) in [5, 5.41) is 2.98. The highest BCUT2D eigenvalue weighted by atomic mass is 16.5. The smallest absolute Gasteiger partial charge is 0.223 e. The number of amides is 2. The van der Waals surface area contributed by atoms with E-state index in [9.17, 15) is 9.59 Å². The summed E-state index contributed by atoms with van der Waals surface area (Å²) in [4.78, 5) is 28.3. The largest absolute Gasteiger partial charge is 0.379 e. The molecule has 1 aromatic carbocycles. The number of benzene rings is 1. The first-order valence-corrected chi connectivity index (χ1v) is 8.78. The van der Waals surface area contributed by atoms with Crippen molar-refractivity contribution in [2.24, 2.45) is 0 Å². The first-order chi connectivity index (χ1) is 12.1. The van der Waals surface area contributed by atoms with Crippen LogP contribution in [0.2, 0.25) is 0 Å². The molecule has 3 rings (SSSR count). The van der Waals surface area contributed by atoms with Crippen LogP contribution in [-0.4, -0.2) is 61.0 Å². The Morgan fingerprint density at radius 1 is 1.24 bits per heavy atom. The Kier molecular flexibility index (Phi) is 5.83. The maximum atomic E-state index is 12.4. The number of carbonyl (C=O) groups excluding carboxylic acids is 2. The summed E-state index contributed by atoms with van der Waals surface area (Å²) in [5.74, 6) is -0.0912. The second-order valence-electron chi connectivity index (χ2n) is 6.39. The predicted octanol–water partition coefficient (Wildman–Crippen LogP) is 1.40. The van der Waals surface area contributed by atoms with E-state index in [0.29, 0.717) is 6.54 Å². The Morgan fingerprint density at radius 3 is 2.76 bits per heavy atom. The van der Waals surface area contributed by atoms with Gasteiger partial charge in [-0.3, -0.25) is 14.5 Å². The minimum absolute atomic E-state index is 0.0328. The van der Waals surface area contributed by atoms with Crippen LogP contribution in [0.3, 0.4) is 0 Å². The van der Waals surface area contributed by atoms with Gasteiger partial charge in [0.2, 0.25) is 11.8 Å². The zero-order valence-corrected chi connectivity index (χ0v) is 14.6. The lowest BCUT2D eigenvalue weighted by molar-refractivity contribution is -0.129. The number of rotatable bonds is 5. The number of hydrogen-bond acceptors (Lipinski definition) is 4. The van der Waals surface area contributed by atoms with Crippen LogP contribution in [0.4, 0.5) is 0 Å². The van der Waals surface area contributed by atoms with E-state index in [4.69, 9.17) is 4.74 Å². The lowest BCUT2D eigenvalue weighted by atomic mass is 9.93. The molecule has 0 saturated carbocycles. The average Bonchev–Trinajstić information content (AvgIpc) is 2.62. The molecule has 0 spiro atoms. The number of nitrogens with zero attached hydrogens (tertiary/aromatic N) is 2. The van der Waals surface area contributed by atoms with Gasteiger partial charge in [-0.15, -0.1) is 0 Å². The summed E-state index contributed by atoms with van der Waals surface area (Å²) in [6.07, 6.45) is 3.96. The number of ether oxygens (including phenoxy) is 1. The van der Waals surface area contributed by atoms with Gasteiger partial charge in [-0.1, -0.05) is 24.3 Å². The van der Waals surface area contributed by atoms with E-state index >= 15 is 0 Å². The fourth-order valence-electron chi connectivity index (χ4n) is 3.34. The van der Waals surface area contributed by atoms with E-state index in [1.807, 2.05) is 30.3 Å². The first kappa shape index (κ1) is 17.6. The minimum atomic E-state index is -0.248. The van der Waals surface area contributed by atoms with Gasteiger partial charge in [0.15, 0.2) is 0 Å². The summed E-state index contributed by atoms with van der Waals surface area (Å²) in [6.45, 7) is 6.31. The Balaban J connectivity index is 1.58. The Hall–Kier alpha value is -2.18. The van der Waals surface area contributed by atoms with Crippen LogP contribution >= 0.6 is 0 Å². The summed E-state index contributed by atoms with van der Waals surface area (Å²) in [7, 11) is 0. The quantitative estimate of drug-likeness (QED) is 0.878. The Bertz CT molecular complexity index is 653. The molecule has 0 bridgehead atoms.